The van der Waals surface area contributed by atoms with Gasteiger partial charge in [0.2, 0.25) is 0 Å². The highest BCUT2D eigenvalue weighted by molar-refractivity contribution is 6.31. The smallest absolute Gasteiger partial charge is 0.305 e. The lowest BCUT2D eigenvalue weighted by Crippen LogP contribution is -2.21. The van der Waals surface area contributed by atoms with Crippen molar-refractivity contribution >= 4 is 17.6 Å². The topological polar surface area (TPSA) is 63.3 Å². The molecule has 1 atom stereocenters. The maximum atomic E-state index is 14.1. The van der Waals surface area contributed by atoms with E-state index in [0.29, 0.717) is 5.56 Å². The van der Waals surface area contributed by atoms with Gasteiger partial charge in [-0.2, -0.15) is 0 Å². The summed E-state index contributed by atoms with van der Waals surface area (Å²) in [5, 5.41) is 8.96. The van der Waals surface area contributed by atoms with E-state index in [1.807, 2.05) is 0 Å². The maximum Gasteiger partial charge on any atom is 0.305 e. The van der Waals surface area contributed by atoms with Crippen molar-refractivity contribution in [1.29, 1.82) is 0 Å². The second kappa shape index (κ2) is 5.02. The predicted octanol–water partition coefficient (Wildman–Crippen LogP) is 3.02. The van der Waals surface area contributed by atoms with Crippen molar-refractivity contribution in [3.05, 3.63) is 34.3 Å². The molecular formula is C12H15ClFNO2. The van der Waals surface area contributed by atoms with E-state index in [1.165, 1.54) is 13.8 Å². The molecule has 0 amide bonds. The summed E-state index contributed by atoms with van der Waals surface area (Å²) in [6.07, 6.45) is -0.260. The van der Waals surface area contributed by atoms with Gasteiger partial charge in [-0.05, 0) is 25.5 Å². The van der Waals surface area contributed by atoms with Gasteiger partial charge < -0.3 is 10.8 Å². The lowest BCUT2D eigenvalue weighted by molar-refractivity contribution is -0.137. The third kappa shape index (κ3) is 3.41. The van der Waals surface area contributed by atoms with Crippen LogP contribution in [0.3, 0.4) is 0 Å². The zero-order valence-electron chi connectivity index (χ0n) is 9.71. The molecule has 0 radical (unpaired) electrons. The Balaban J connectivity index is 3.24. The fourth-order valence-corrected chi connectivity index (χ4v) is 2.18. The summed E-state index contributed by atoms with van der Waals surface area (Å²) in [4.78, 5) is 10.6. The molecule has 1 unspecified atom stereocenters. The minimum Gasteiger partial charge on any atom is -0.481 e. The van der Waals surface area contributed by atoms with Crippen molar-refractivity contribution in [3.63, 3.8) is 0 Å². The van der Waals surface area contributed by atoms with E-state index in [0.717, 1.165) is 0 Å². The number of carbonyl (C=O) groups is 1. The highest BCUT2D eigenvalue weighted by Crippen LogP contribution is 2.36. The SMILES string of the molecule is CC(C)(F)c1c(Cl)cccc1C(N)CC(=O)O. The van der Waals surface area contributed by atoms with Gasteiger partial charge in [-0.25, -0.2) is 4.39 Å². The number of alkyl halides is 1. The van der Waals surface area contributed by atoms with E-state index in [4.69, 9.17) is 22.4 Å². The summed E-state index contributed by atoms with van der Waals surface area (Å²) in [6.45, 7) is 2.73. The van der Waals surface area contributed by atoms with Crippen molar-refractivity contribution in [2.24, 2.45) is 5.73 Å². The van der Waals surface area contributed by atoms with E-state index < -0.39 is 17.7 Å². The molecule has 0 aliphatic heterocycles. The van der Waals surface area contributed by atoms with E-state index in [2.05, 4.69) is 0 Å². The molecule has 3 nitrogen and oxygen atoms in total. The summed E-state index contributed by atoms with van der Waals surface area (Å²) in [6, 6.07) is 4.04. The Labute approximate surface area is 104 Å². The van der Waals surface area contributed by atoms with Gasteiger partial charge in [-0.1, -0.05) is 23.7 Å². The van der Waals surface area contributed by atoms with Crippen LogP contribution in [0.15, 0.2) is 18.2 Å². The van der Waals surface area contributed by atoms with Gasteiger partial charge in [0.05, 0.1) is 6.42 Å². The summed E-state index contributed by atoms with van der Waals surface area (Å²) in [7, 11) is 0. The van der Waals surface area contributed by atoms with Crippen molar-refractivity contribution in [2.75, 3.05) is 0 Å². The van der Waals surface area contributed by atoms with Crippen molar-refractivity contribution < 1.29 is 14.3 Å². The monoisotopic (exact) mass is 259 g/mol. The average molecular weight is 260 g/mol. The third-order valence-electron chi connectivity index (χ3n) is 2.43. The average Bonchev–Trinajstić information content (AvgIpc) is 2.14. The van der Waals surface area contributed by atoms with Gasteiger partial charge in [-0.3, -0.25) is 4.79 Å². The number of nitrogens with two attached hydrogens (primary N) is 1. The second-order valence-corrected chi connectivity index (χ2v) is 4.79. The summed E-state index contributed by atoms with van der Waals surface area (Å²) < 4.78 is 14.1. The van der Waals surface area contributed by atoms with Crippen molar-refractivity contribution in [1.82, 2.24) is 0 Å². The summed E-state index contributed by atoms with van der Waals surface area (Å²) >= 11 is 5.95. The van der Waals surface area contributed by atoms with Crippen LogP contribution in [0.2, 0.25) is 5.02 Å². The molecule has 1 aromatic rings. The van der Waals surface area contributed by atoms with Gasteiger partial charge in [0.25, 0.3) is 0 Å². The summed E-state index contributed by atoms with van der Waals surface area (Å²) in [5.74, 6) is -1.03. The number of benzene rings is 1. The minimum atomic E-state index is -1.66. The van der Waals surface area contributed by atoms with Gasteiger partial charge in [0.15, 0.2) is 0 Å². The Kier molecular flexibility index (Phi) is 4.11. The number of aliphatic carboxylic acids is 1. The molecule has 1 aromatic carbocycles. The molecule has 0 aromatic heterocycles. The van der Waals surface area contributed by atoms with Gasteiger partial charge in [0.1, 0.15) is 5.67 Å². The first-order valence-electron chi connectivity index (χ1n) is 5.18. The molecule has 0 spiro atoms. The van der Waals surface area contributed by atoms with Crippen LogP contribution in [0.25, 0.3) is 0 Å². The third-order valence-corrected chi connectivity index (χ3v) is 2.75. The number of halogens is 2. The molecule has 3 N–H and O–H groups in total. The van der Waals surface area contributed by atoms with Gasteiger partial charge in [0, 0.05) is 16.6 Å². The fraction of sp³-hybridized carbons (Fsp3) is 0.417. The molecular weight excluding hydrogens is 245 g/mol. The first-order valence-corrected chi connectivity index (χ1v) is 5.56. The molecule has 1 rings (SSSR count). The maximum absolute atomic E-state index is 14.1. The van der Waals surface area contributed by atoms with Crippen LogP contribution < -0.4 is 5.73 Å². The molecule has 0 saturated heterocycles. The molecule has 0 heterocycles. The Hall–Kier alpha value is -1.13. The largest absolute Gasteiger partial charge is 0.481 e. The lowest BCUT2D eigenvalue weighted by Gasteiger charge is -2.23. The highest BCUT2D eigenvalue weighted by Gasteiger charge is 2.28. The first-order chi connectivity index (χ1) is 7.73. The van der Waals surface area contributed by atoms with Crippen LogP contribution in [0.1, 0.15) is 37.4 Å². The van der Waals surface area contributed by atoms with Crippen molar-refractivity contribution in [3.8, 4) is 0 Å². The van der Waals surface area contributed by atoms with Crippen LogP contribution in [0.4, 0.5) is 4.39 Å². The molecule has 0 bridgehead atoms. The molecule has 5 heteroatoms. The number of rotatable bonds is 4. The quantitative estimate of drug-likeness (QED) is 0.874. The van der Waals surface area contributed by atoms with Crippen LogP contribution in [-0.4, -0.2) is 11.1 Å². The number of hydrogen-bond donors (Lipinski definition) is 2. The Morgan fingerprint density at radius 2 is 2.18 bits per heavy atom. The number of carboxylic acids is 1. The second-order valence-electron chi connectivity index (χ2n) is 4.38. The van der Waals surface area contributed by atoms with E-state index in [1.54, 1.807) is 18.2 Å². The van der Waals surface area contributed by atoms with E-state index >= 15 is 0 Å². The first kappa shape index (κ1) is 13.9. The molecule has 0 saturated carbocycles. The predicted molar refractivity (Wildman–Crippen MR) is 64.8 cm³/mol. The van der Waals surface area contributed by atoms with Crippen LogP contribution in [-0.2, 0) is 10.5 Å². The molecule has 17 heavy (non-hydrogen) atoms. The van der Waals surface area contributed by atoms with Crippen LogP contribution in [0, 0.1) is 0 Å². The number of hydrogen-bond acceptors (Lipinski definition) is 2. The fourth-order valence-electron chi connectivity index (χ4n) is 1.78. The number of carboxylic acid groups (broad SMARTS) is 1. The normalized spacial score (nSPS) is 13.5. The van der Waals surface area contributed by atoms with Crippen LogP contribution in [0.5, 0.6) is 0 Å². The Morgan fingerprint density at radius 3 is 2.65 bits per heavy atom. The molecule has 94 valence electrons. The van der Waals surface area contributed by atoms with E-state index in [-0.39, 0.29) is 17.0 Å². The zero-order chi connectivity index (χ0) is 13.2. The highest BCUT2D eigenvalue weighted by atomic mass is 35.5. The molecule has 0 aliphatic rings. The molecule has 0 aliphatic carbocycles. The lowest BCUT2D eigenvalue weighted by atomic mass is 9.90. The standard InChI is InChI=1S/C12H15ClFNO2/c1-12(2,14)11-7(4-3-5-8(11)13)9(15)6-10(16)17/h3-5,9H,6,15H2,1-2H3,(H,16,17). The van der Waals surface area contributed by atoms with E-state index in [9.17, 15) is 9.18 Å². The Bertz CT molecular complexity index is 429. The molecule has 0 fully saturated rings. The summed E-state index contributed by atoms with van der Waals surface area (Å²) in [5.41, 5.74) is 4.79. The van der Waals surface area contributed by atoms with Gasteiger partial charge >= 0.3 is 5.97 Å². The van der Waals surface area contributed by atoms with Gasteiger partial charge in [-0.15, -0.1) is 0 Å². The van der Waals surface area contributed by atoms with Crippen LogP contribution >= 0.6 is 11.6 Å². The van der Waals surface area contributed by atoms with Crippen molar-refractivity contribution in [2.45, 2.75) is 32.0 Å². The minimum absolute atomic E-state index is 0.260. The zero-order valence-corrected chi connectivity index (χ0v) is 10.5. The Morgan fingerprint density at radius 1 is 1.59 bits per heavy atom.